The van der Waals surface area contributed by atoms with Crippen molar-refractivity contribution in [2.75, 3.05) is 54.1 Å². The lowest BCUT2D eigenvalue weighted by Crippen LogP contribution is -2.45. The van der Waals surface area contributed by atoms with Crippen molar-refractivity contribution in [3.63, 3.8) is 0 Å². The molecule has 0 spiro atoms. The van der Waals surface area contributed by atoms with Crippen molar-refractivity contribution in [1.82, 2.24) is 10.2 Å². The predicted octanol–water partition coefficient (Wildman–Crippen LogP) is 1.46. The van der Waals surface area contributed by atoms with Crippen molar-refractivity contribution >= 4 is 12.4 Å². The maximum Gasteiger partial charge on any atom is 0.164 e. The van der Waals surface area contributed by atoms with Crippen LogP contribution in [0, 0.1) is 0 Å². The number of piperazine rings is 1. The van der Waals surface area contributed by atoms with Gasteiger partial charge in [0, 0.05) is 50.5 Å². The van der Waals surface area contributed by atoms with E-state index in [4.69, 9.17) is 14.2 Å². The normalized spacial score (nSPS) is 16.3. The Hall–Kier alpha value is -1.21. The lowest BCUT2D eigenvalue weighted by molar-refractivity contribution is 0.138. The van der Waals surface area contributed by atoms with Gasteiger partial charge >= 0.3 is 0 Å². The first-order chi connectivity index (χ1) is 10.7. The van der Waals surface area contributed by atoms with Gasteiger partial charge in [-0.15, -0.1) is 12.4 Å². The summed E-state index contributed by atoms with van der Waals surface area (Å²) < 4.78 is 16.3. The summed E-state index contributed by atoms with van der Waals surface area (Å²) in [5.74, 6) is 2.08. The van der Waals surface area contributed by atoms with Gasteiger partial charge in [-0.3, -0.25) is 4.90 Å². The average Bonchev–Trinajstić information content (AvgIpc) is 2.59. The zero-order valence-corrected chi connectivity index (χ0v) is 14.8. The Morgan fingerprint density at radius 3 is 2.13 bits per heavy atom. The molecule has 0 bridgehead atoms. The van der Waals surface area contributed by atoms with Crippen LogP contribution in [0.3, 0.4) is 0 Å². The summed E-state index contributed by atoms with van der Waals surface area (Å²) >= 11 is 0. The molecule has 23 heavy (non-hydrogen) atoms. The van der Waals surface area contributed by atoms with Crippen LogP contribution in [-0.2, 0) is 0 Å². The van der Waals surface area contributed by atoms with Crippen LogP contribution < -0.4 is 19.5 Å². The molecule has 0 unspecified atom stereocenters. The number of benzene rings is 1. The summed E-state index contributed by atoms with van der Waals surface area (Å²) in [6.07, 6.45) is 0.659. The molecular weight excluding hydrogens is 320 g/mol. The Balaban J connectivity index is 0.00000264. The molecular formula is C16H27ClN2O4. The topological polar surface area (TPSA) is 63.2 Å². The maximum absolute atomic E-state index is 9.48. The number of halogens is 1. The summed E-state index contributed by atoms with van der Waals surface area (Å²) in [4.78, 5) is 2.37. The second-order valence-corrected chi connectivity index (χ2v) is 5.26. The van der Waals surface area contributed by atoms with Crippen LogP contribution in [0.1, 0.15) is 18.0 Å². The zero-order valence-electron chi connectivity index (χ0n) is 14.0. The van der Waals surface area contributed by atoms with Crippen molar-refractivity contribution in [1.29, 1.82) is 0 Å². The third-order valence-corrected chi connectivity index (χ3v) is 4.09. The highest BCUT2D eigenvalue weighted by Crippen LogP contribution is 2.40. The molecule has 2 N–H and O–H groups in total. The largest absolute Gasteiger partial charge is 0.496 e. The van der Waals surface area contributed by atoms with Gasteiger partial charge in [-0.05, 0) is 12.5 Å². The minimum absolute atomic E-state index is 0. The maximum atomic E-state index is 9.48. The molecule has 1 aliphatic rings. The standard InChI is InChI=1S/C16H26N2O4.ClH/c1-20-14-11-16(22-3)15(21-2)10-12(14)13(4-9-19)18-7-5-17-6-8-18;/h10-11,13,17,19H,4-9H2,1-3H3;1H/t13-;/m0./s1. The molecule has 1 aromatic rings. The van der Waals surface area contributed by atoms with Crippen LogP contribution in [0.5, 0.6) is 17.2 Å². The summed E-state index contributed by atoms with van der Waals surface area (Å²) in [6.45, 7) is 3.94. The number of hydrogen-bond acceptors (Lipinski definition) is 6. The van der Waals surface area contributed by atoms with Crippen molar-refractivity contribution in [2.45, 2.75) is 12.5 Å². The zero-order chi connectivity index (χ0) is 15.9. The van der Waals surface area contributed by atoms with Crippen LogP contribution in [0.25, 0.3) is 0 Å². The average molecular weight is 347 g/mol. The summed E-state index contributed by atoms with van der Waals surface area (Å²) in [5.41, 5.74) is 1.02. The van der Waals surface area contributed by atoms with E-state index in [0.717, 1.165) is 37.5 Å². The molecule has 1 saturated heterocycles. The van der Waals surface area contributed by atoms with Crippen LogP contribution in [0.2, 0.25) is 0 Å². The van der Waals surface area contributed by atoms with Gasteiger partial charge in [0.25, 0.3) is 0 Å². The van der Waals surface area contributed by atoms with Gasteiger partial charge in [-0.2, -0.15) is 0 Å². The van der Waals surface area contributed by atoms with Crippen LogP contribution in [0.15, 0.2) is 12.1 Å². The smallest absolute Gasteiger partial charge is 0.164 e. The molecule has 132 valence electrons. The Kier molecular flexibility index (Phi) is 8.47. The van der Waals surface area contributed by atoms with E-state index in [1.807, 2.05) is 12.1 Å². The van der Waals surface area contributed by atoms with Crippen molar-refractivity contribution in [3.8, 4) is 17.2 Å². The molecule has 1 aliphatic heterocycles. The van der Waals surface area contributed by atoms with Crippen molar-refractivity contribution in [2.24, 2.45) is 0 Å². The predicted molar refractivity (Wildman–Crippen MR) is 92.2 cm³/mol. The fourth-order valence-electron chi connectivity index (χ4n) is 2.96. The van der Waals surface area contributed by atoms with Gasteiger partial charge in [0.1, 0.15) is 5.75 Å². The Morgan fingerprint density at radius 2 is 1.61 bits per heavy atom. The molecule has 1 atom stereocenters. The minimum Gasteiger partial charge on any atom is -0.496 e. The minimum atomic E-state index is 0. The number of rotatable bonds is 7. The highest BCUT2D eigenvalue weighted by Gasteiger charge is 2.26. The highest BCUT2D eigenvalue weighted by atomic mass is 35.5. The fourth-order valence-corrected chi connectivity index (χ4v) is 2.96. The SMILES string of the molecule is COc1cc(OC)c([C@H](CCO)N2CCNCC2)cc1OC.Cl. The van der Waals surface area contributed by atoms with E-state index < -0.39 is 0 Å². The van der Waals surface area contributed by atoms with Gasteiger partial charge in [-0.25, -0.2) is 0 Å². The first-order valence-electron chi connectivity index (χ1n) is 7.60. The second kappa shape index (κ2) is 9.82. The number of nitrogens with one attached hydrogen (secondary N) is 1. The summed E-state index contributed by atoms with van der Waals surface area (Å²) in [5, 5.41) is 12.8. The molecule has 0 radical (unpaired) electrons. The van der Waals surface area contributed by atoms with Gasteiger partial charge < -0.3 is 24.6 Å². The highest BCUT2D eigenvalue weighted by molar-refractivity contribution is 5.85. The Labute approximate surface area is 144 Å². The van der Waals surface area contributed by atoms with Gasteiger partial charge in [0.15, 0.2) is 11.5 Å². The fraction of sp³-hybridized carbons (Fsp3) is 0.625. The number of methoxy groups -OCH3 is 3. The van der Waals surface area contributed by atoms with Gasteiger partial charge in [0.05, 0.1) is 21.3 Å². The summed E-state index contributed by atoms with van der Waals surface area (Å²) in [7, 11) is 4.89. The lowest BCUT2D eigenvalue weighted by Gasteiger charge is -2.35. The molecule has 0 aromatic heterocycles. The number of aliphatic hydroxyl groups excluding tert-OH is 1. The number of aliphatic hydroxyl groups is 1. The molecule has 7 heteroatoms. The number of ether oxygens (including phenoxy) is 3. The first-order valence-corrected chi connectivity index (χ1v) is 7.60. The molecule has 0 saturated carbocycles. The van der Waals surface area contributed by atoms with E-state index in [0.29, 0.717) is 17.9 Å². The van der Waals surface area contributed by atoms with E-state index >= 15 is 0 Å². The Morgan fingerprint density at radius 1 is 1.04 bits per heavy atom. The summed E-state index contributed by atoms with van der Waals surface area (Å²) in [6, 6.07) is 3.91. The van der Waals surface area contributed by atoms with Crippen LogP contribution >= 0.6 is 12.4 Å². The first kappa shape index (κ1) is 19.8. The van der Waals surface area contributed by atoms with E-state index in [9.17, 15) is 5.11 Å². The van der Waals surface area contributed by atoms with Gasteiger partial charge in [-0.1, -0.05) is 0 Å². The van der Waals surface area contributed by atoms with E-state index in [2.05, 4.69) is 10.2 Å². The van der Waals surface area contributed by atoms with E-state index in [1.54, 1.807) is 21.3 Å². The molecule has 1 fully saturated rings. The molecule has 1 heterocycles. The molecule has 6 nitrogen and oxygen atoms in total. The molecule has 0 amide bonds. The molecule has 2 rings (SSSR count). The second-order valence-electron chi connectivity index (χ2n) is 5.26. The van der Waals surface area contributed by atoms with Crippen molar-refractivity contribution < 1.29 is 19.3 Å². The van der Waals surface area contributed by atoms with Gasteiger partial charge in [0.2, 0.25) is 0 Å². The quantitative estimate of drug-likeness (QED) is 0.779. The molecule has 0 aliphatic carbocycles. The third-order valence-electron chi connectivity index (χ3n) is 4.09. The van der Waals surface area contributed by atoms with E-state index in [1.165, 1.54) is 0 Å². The number of hydrogen-bond donors (Lipinski definition) is 2. The van der Waals surface area contributed by atoms with E-state index in [-0.39, 0.29) is 25.1 Å². The third kappa shape index (κ3) is 4.64. The molecule has 1 aromatic carbocycles. The Bertz CT molecular complexity index is 481. The monoisotopic (exact) mass is 346 g/mol. The van der Waals surface area contributed by atoms with Crippen LogP contribution in [-0.4, -0.2) is 64.1 Å². The number of nitrogens with zero attached hydrogens (tertiary/aromatic N) is 1. The lowest BCUT2D eigenvalue weighted by atomic mass is 9.99. The van der Waals surface area contributed by atoms with Crippen LogP contribution in [0.4, 0.5) is 0 Å². The van der Waals surface area contributed by atoms with Crippen molar-refractivity contribution in [3.05, 3.63) is 17.7 Å².